The van der Waals surface area contributed by atoms with Crippen LogP contribution in [0.4, 0.5) is 0 Å². The van der Waals surface area contributed by atoms with E-state index in [2.05, 4.69) is 102 Å². The Hall–Kier alpha value is -4.24. The van der Waals surface area contributed by atoms with Crippen LogP contribution in [0.1, 0.15) is 25.0 Å². The van der Waals surface area contributed by atoms with E-state index in [-0.39, 0.29) is 5.41 Å². The van der Waals surface area contributed by atoms with Crippen LogP contribution >= 0.6 is 0 Å². The molecule has 3 heteroatoms. The monoisotopic (exact) mass is 437 g/mol. The maximum atomic E-state index is 5.07. The van der Waals surface area contributed by atoms with Crippen LogP contribution < -0.4 is 0 Å². The molecule has 1 aliphatic rings. The molecular formula is C31H23N3. The highest BCUT2D eigenvalue weighted by atomic mass is 15.1. The molecule has 1 aliphatic heterocycles. The zero-order valence-electron chi connectivity index (χ0n) is 19.2. The maximum absolute atomic E-state index is 5.07. The van der Waals surface area contributed by atoms with Gasteiger partial charge in [0.2, 0.25) is 0 Å². The van der Waals surface area contributed by atoms with E-state index in [9.17, 15) is 0 Å². The van der Waals surface area contributed by atoms with Gasteiger partial charge in [0.25, 0.3) is 0 Å². The summed E-state index contributed by atoms with van der Waals surface area (Å²) in [5, 5.41) is 2.53. The maximum Gasteiger partial charge on any atom is 0.145 e. The fraction of sp³-hybridized carbons (Fsp3) is 0.0968. The van der Waals surface area contributed by atoms with Crippen molar-refractivity contribution in [1.29, 1.82) is 0 Å². The van der Waals surface area contributed by atoms with Gasteiger partial charge in [-0.05, 0) is 69.4 Å². The smallest absolute Gasteiger partial charge is 0.145 e. The summed E-state index contributed by atoms with van der Waals surface area (Å²) in [5.74, 6) is 0.958. The third-order valence-electron chi connectivity index (χ3n) is 7.28. The summed E-state index contributed by atoms with van der Waals surface area (Å²) in [6.07, 6.45) is 3.67. The molecule has 0 amide bonds. The zero-order chi connectivity index (χ0) is 22.9. The van der Waals surface area contributed by atoms with Gasteiger partial charge >= 0.3 is 0 Å². The summed E-state index contributed by atoms with van der Waals surface area (Å²) in [7, 11) is 0. The number of rotatable bonds is 2. The first kappa shape index (κ1) is 19.2. The molecule has 162 valence electrons. The summed E-state index contributed by atoms with van der Waals surface area (Å²) in [4.78, 5) is 9.28. The molecule has 0 saturated carbocycles. The number of aromatic nitrogens is 3. The van der Waals surface area contributed by atoms with Gasteiger partial charge in [0, 0.05) is 23.4 Å². The number of fused-ring (bicyclic) bond motifs is 3. The highest BCUT2D eigenvalue weighted by Gasteiger charge is 2.35. The first-order chi connectivity index (χ1) is 16.6. The van der Waals surface area contributed by atoms with Crippen LogP contribution in [0.5, 0.6) is 0 Å². The lowest BCUT2D eigenvalue weighted by molar-refractivity contribution is 0.629. The van der Waals surface area contributed by atoms with Crippen molar-refractivity contribution in [3.63, 3.8) is 0 Å². The van der Waals surface area contributed by atoms with Gasteiger partial charge in [0.1, 0.15) is 5.82 Å². The van der Waals surface area contributed by atoms with Crippen LogP contribution in [0.3, 0.4) is 0 Å². The summed E-state index contributed by atoms with van der Waals surface area (Å²) in [6.45, 7) is 4.65. The highest BCUT2D eigenvalue weighted by molar-refractivity contribution is 5.91. The molecule has 7 rings (SSSR count). The molecule has 0 saturated heterocycles. The molecule has 6 aromatic rings. The summed E-state index contributed by atoms with van der Waals surface area (Å²) in [6, 6.07) is 32.7. The Morgan fingerprint density at radius 1 is 0.647 bits per heavy atom. The van der Waals surface area contributed by atoms with Crippen molar-refractivity contribution >= 4 is 21.8 Å². The lowest BCUT2D eigenvalue weighted by Gasteiger charge is -2.35. The van der Waals surface area contributed by atoms with Crippen LogP contribution in [0.15, 0.2) is 103 Å². The first-order valence-electron chi connectivity index (χ1n) is 11.7. The second-order valence-corrected chi connectivity index (χ2v) is 9.60. The van der Waals surface area contributed by atoms with Crippen molar-refractivity contribution in [2.75, 3.05) is 0 Å². The normalized spacial score (nSPS) is 13.8. The number of hydrogen-bond donors (Lipinski definition) is 0. The molecule has 2 aromatic heterocycles. The molecule has 0 unspecified atom stereocenters. The second kappa shape index (κ2) is 6.88. The Balaban J connectivity index is 1.50. The molecule has 0 fully saturated rings. The van der Waals surface area contributed by atoms with Crippen LogP contribution in [0.25, 0.3) is 50.0 Å². The van der Waals surface area contributed by atoms with Crippen LogP contribution in [0, 0.1) is 0 Å². The predicted molar refractivity (Wildman–Crippen MR) is 139 cm³/mol. The summed E-state index contributed by atoms with van der Waals surface area (Å²) in [5.41, 5.74) is 9.44. The van der Waals surface area contributed by atoms with Gasteiger partial charge in [-0.3, -0.25) is 9.55 Å². The van der Waals surface area contributed by atoms with Gasteiger partial charge in [-0.1, -0.05) is 68.4 Å². The number of imidazole rings is 1. The fourth-order valence-electron chi connectivity index (χ4n) is 5.49. The van der Waals surface area contributed by atoms with Crippen molar-refractivity contribution in [3.05, 3.63) is 115 Å². The zero-order valence-corrected chi connectivity index (χ0v) is 19.2. The minimum atomic E-state index is -0.146. The summed E-state index contributed by atoms with van der Waals surface area (Å²) < 4.78 is 2.34. The molecule has 3 heterocycles. The van der Waals surface area contributed by atoms with E-state index in [0.29, 0.717) is 0 Å². The van der Waals surface area contributed by atoms with E-state index in [0.717, 1.165) is 16.9 Å². The van der Waals surface area contributed by atoms with Crippen molar-refractivity contribution in [2.45, 2.75) is 19.3 Å². The molecular weight excluding hydrogens is 414 g/mol. The number of para-hydroxylation sites is 1. The standard InChI is InChI=1S/C31H23N3/c1-31(2)25-8-5-9-27-29(25)34(30(33-27)21-14-16-32-17-15-21)28-13-12-24(19-26(28)31)23-11-10-20-6-3-4-7-22(20)18-23/h3-19H,1-2H3. The van der Waals surface area contributed by atoms with E-state index in [1.165, 1.54) is 44.2 Å². The number of nitrogens with zero attached hydrogens (tertiary/aromatic N) is 3. The Morgan fingerprint density at radius 3 is 2.26 bits per heavy atom. The minimum absolute atomic E-state index is 0.146. The SMILES string of the molecule is CC1(C)c2cc(-c3ccc4ccccc4c3)ccc2-n2c(-c3ccncc3)nc3cccc1c32. The average molecular weight is 438 g/mol. The van der Waals surface area contributed by atoms with Gasteiger partial charge in [-0.2, -0.15) is 0 Å². The molecule has 0 N–H and O–H groups in total. The average Bonchev–Trinajstić information content (AvgIpc) is 3.28. The van der Waals surface area contributed by atoms with Crippen molar-refractivity contribution in [3.8, 4) is 28.2 Å². The van der Waals surface area contributed by atoms with Crippen LogP contribution in [-0.4, -0.2) is 14.5 Å². The topological polar surface area (TPSA) is 30.7 Å². The van der Waals surface area contributed by atoms with Gasteiger partial charge in [-0.25, -0.2) is 4.98 Å². The third-order valence-corrected chi connectivity index (χ3v) is 7.28. The van der Waals surface area contributed by atoms with E-state index in [4.69, 9.17) is 4.98 Å². The van der Waals surface area contributed by atoms with Crippen LogP contribution in [0.2, 0.25) is 0 Å². The second-order valence-electron chi connectivity index (χ2n) is 9.60. The molecule has 0 radical (unpaired) electrons. The van der Waals surface area contributed by atoms with Gasteiger partial charge in [0.05, 0.1) is 16.7 Å². The number of pyridine rings is 1. The lowest BCUT2D eigenvalue weighted by Crippen LogP contribution is -2.26. The minimum Gasteiger partial charge on any atom is -0.292 e. The van der Waals surface area contributed by atoms with Crippen molar-refractivity contribution in [1.82, 2.24) is 14.5 Å². The van der Waals surface area contributed by atoms with Crippen LogP contribution in [-0.2, 0) is 5.41 Å². The molecule has 0 spiro atoms. The predicted octanol–water partition coefficient (Wildman–Crippen LogP) is 7.55. The van der Waals surface area contributed by atoms with Gasteiger partial charge in [-0.15, -0.1) is 0 Å². The Labute approximate surface area is 198 Å². The first-order valence-corrected chi connectivity index (χ1v) is 11.7. The Morgan fingerprint density at radius 2 is 1.41 bits per heavy atom. The molecule has 0 bridgehead atoms. The molecule has 34 heavy (non-hydrogen) atoms. The molecule has 0 aliphatic carbocycles. The highest BCUT2D eigenvalue weighted by Crippen LogP contribution is 2.47. The van der Waals surface area contributed by atoms with Gasteiger partial charge in [0.15, 0.2) is 0 Å². The number of benzene rings is 4. The molecule has 3 nitrogen and oxygen atoms in total. The third kappa shape index (κ3) is 2.64. The van der Waals surface area contributed by atoms with E-state index in [1.54, 1.807) is 0 Å². The van der Waals surface area contributed by atoms with E-state index < -0.39 is 0 Å². The van der Waals surface area contributed by atoms with Gasteiger partial charge < -0.3 is 0 Å². The quantitative estimate of drug-likeness (QED) is 0.280. The van der Waals surface area contributed by atoms with E-state index in [1.807, 2.05) is 24.5 Å². The fourth-order valence-corrected chi connectivity index (χ4v) is 5.49. The molecule has 4 aromatic carbocycles. The molecule has 0 atom stereocenters. The Kier molecular flexibility index (Phi) is 3.89. The lowest BCUT2D eigenvalue weighted by atomic mass is 9.74. The number of hydrogen-bond acceptors (Lipinski definition) is 2. The Bertz CT molecular complexity index is 1730. The van der Waals surface area contributed by atoms with Crippen molar-refractivity contribution < 1.29 is 0 Å². The van der Waals surface area contributed by atoms with E-state index >= 15 is 0 Å². The largest absolute Gasteiger partial charge is 0.292 e. The van der Waals surface area contributed by atoms with Crippen molar-refractivity contribution in [2.24, 2.45) is 0 Å². The summed E-state index contributed by atoms with van der Waals surface area (Å²) >= 11 is 0.